The molecule has 6 heteroatoms. The van der Waals surface area contributed by atoms with Crippen LogP contribution in [0.3, 0.4) is 0 Å². The Balaban J connectivity index is 2.26. The number of nitriles is 1. The minimum atomic E-state index is -2.43. The van der Waals surface area contributed by atoms with Gasteiger partial charge in [-0.25, -0.2) is 13.5 Å². The zero-order valence-electron chi connectivity index (χ0n) is 8.03. The number of alkyl halides is 2. The highest BCUT2D eigenvalue weighted by Gasteiger charge is 2.31. The Labute approximate surface area is 85.5 Å². The van der Waals surface area contributed by atoms with Gasteiger partial charge in [-0.3, -0.25) is 0 Å². The first kappa shape index (κ1) is 10.0. The first-order valence-electron chi connectivity index (χ1n) is 4.79. The number of nitrogens with zero attached hydrogens (tertiary/aromatic N) is 4. The molecule has 0 bridgehead atoms. The third-order valence-corrected chi connectivity index (χ3v) is 2.37. The lowest BCUT2D eigenvalue weighted by Crippen LogP contribution is -2.11. The van der Waals surface area contributed by atoms with E-state index in [2.05, 4.69) is 10.3 Å². The van der Waals surface area contributed by atoms with Gasteiger partial charge < -0.3 is 0 Å². The van der Waals surface area contributed by atoms with E-state index < -0.39 is 13.0 Å². The molecule has 0 spiro atoms. The van der Waals surface area contributed by atoms with Crippen LogP contribution in [-0.2, 0) is 13.0 Å². The zero-order chi connectivity index (χ0) is 10.8. The summed E-state index contributed by atoms with van der Waals surface area (Å²) < 4.78 is 25.7. The van der Waals surface area contributed by atoms with Crippen molar-refractivity contribution in [2.75, 3.05) is 0 Å². The summed E-state index contributed by atoms with van der Waals surface area (Å²) in [6, 6.07) is 1.97. The Hall–Kier alpha value is -1.51. The average Bonchev–Trinajstić information content (AvgIpc) is 2.92. The molecule has 0 atom stereocenters. The summed E-state index contributed by atoms with van der Waals surface area (Å²) >= 11 is 0. The predicted octanol–water partition coefficient (Wildman–Crippen LogP) is 1.49. The van der Waals surface area contributed by atoms with E-state index in [0.717, 1.165) is 18.5 Å². The lowest BCUT2D eigenvalue weighted by Gasteiger charge is -2.04. The lowest BCUT2D eigenvalue weighted by atomic mass is 10.2. The van der Waals surface area contributed by atoms with Crippen molar-refractivity contribution in [2.24, 2.45) is 0 Å². The molecular weight excluding hydrogens is 202 g/mol. The zero-order valence-corrected chi connectivity index (χ0v) is 8.03. The van der Waals surface area contributed by atoms with Gasteiger partial charge in [0, 0.05) is 5.92 Å². The molecule has 80 valence electrons. The molecule has 0 N–H and O–H groups in total. The third kappa shape index (κ3) is 2.12. The van der Waals surface area contributed by atoms with E-state index in [4.69, 9.17) is 5.26 Å². The van der Waals surface area contributed by atoms with Crippen molar-refractivity contribution < 1.29 is 8.78 Å². The molecule has 1 aliphatic carbocycles. The van der Waals surface area contributed by atoms with Gasteiger partial charge >= 0.3 is 0 Å². The van der Waals surface area contributed by atoms with Crippen LogP contribution in [0.5, 0.6) is 0 Å². The number of hydrogen-bond donors (Lipinski definition) is 0. The Kier molecular flexibility index (Phi) is 2.62. The van der Waals surface area contributed by atoms with Gasteiger partial charge in [0.05, 0.1) is 18.2 Å². The van der Waals surface area contributed by atoms with Crippen molar-refractivity contribution in [3.05, 3.63) is 11.4 Å². The van der Waals surface area contributed by atoms with Crippen molar-refractivity contribution in [1.82, 2.24) is 15.0 Å². The van der Waals surface area contributed by atoms with Crippen LogP contribution in [0.1, 0.15) is 30.1 Å². The van der Waals surface area contributed by atoms with Gasteiger partial charge in [-0.1, -0.05) is 5.21 Å². The Bertz CT molecular complexity index is 389. The summed E-state index contributed by atoms with van der Waals surface area (Å²) in [7, 11) is 0. The minimum absolute atomic E-state index is 0.148. The SMILES string of the molecule is N#CCc1nnn(CC(F)F)c1C1CC1. The van der Waals surface area contributed by atoms with E-state index in [0.29, 0.717) is 5.69 Å². The molecule has 1 aromatic rings. The van der Waals surface area contributed by atoms with Crippen LogP contribution in [0.15, 0.2) is 0 Å². The Morgan fingerprint density at radius 2 is 2.27 bits per heavy atom. The molecule has 4 nitrogen and oxygen atoms in total. The molecule has 0 amide bonds. The van der Waals surface area contributed by atoms with Crippen molar-refractivity contribution in [2.45, 2.75) is 38.2 Å². The van der Waals surface area contributed by atoms with Gasteiger partial charge in [-0.05, 0) is 12.8 Å². The first-order chi connectivity index (χ1) is 7.22. The quantitative estimate of drug-likeness (QED) is 0.759. The highest BCUT2D eigenvalue weighted by Crippen LogP contribution is 2.41. The fourth-order valence-corrected chi connectivity index (χ4v) is 1.63. The molecule has 15 heavy (non-hydrogen) atoms. The number of halogens is 2. The summed E-state index contributed by atoms with van der Waals surface area (Å²) in [6.45, 7) is -0.426. The van der Waals surface area contributed by atoms with Crippen LogP contribution in [0.25, 0.3) is 0 Å². The molecule has 0 unspecified atom stereocenters. The van der Waals surface area contributed by atoms with E-state index in [1.165, 1.54) is 4.68 Å². The topological polar surface area (TPSA) is 54.5 Å². The fourth-order valence-electron chi connectivity index (χ4n) is 1.63. The van der Waals surface area contributed by atoms with Crippen LogP contribution in [0.4, 0.5) is 8.78 Å². The molecule has 1 aromatic heterocycles. The van der Waals surface area contributed by atoms with Gasteiger partial charge in [0.2, 0.25) is 0 Å². The lowest BCUT2D eigenvalue weighted by molar-refractivity contribution is 0.119. The highest BCUT2D eigenvalue weighted by molar-refractivity contribution is 5.22. The van der Waals surface area contributed by atoms with Gasteiger partial charge in [-0.15, -0.1) is 5.10 Å². The monoisotopic (exact) mass is 212 g/mol. The standard InChI is InChI=1S/C9H10F2N4/c10-8(11)5-15-9(6-1-2-6)7(3-4-12)13-14-15/h6,8H,1-3,5H2. The van der Waals surface area contributed by atoms with Crippen molar-refractivity contribution >= 4 is 0 Å². The number of hydrogen-bond acceptors (Lipinski definition) is 3. The molecule has 0 radical (unpaired) electrons. The molecular formula is C9H10F2N4. The van der Waals surface area contributed by atoms with Crippen LogP contribution < -0.4 is 0 Å². The summed E-state index contributed by atoms with van der Waals surface area (Å²) in [5, 5.41) is 16.0. The van der Waals surface area contributed by atoms with E-state index in [-0.39, 0.29) is 12.3 Å². The van der Waals surface area contributed by atoms with E-state index >= 15 is 0 Å². The smallest absolute Gasteiger partial charge is 0.243 e. The Morgan fingerprint density at radius 1 is 1.53 bits per heavy atom. The van der Waals surface area contributed by atoms with Gasteiger partial charge in [0.1, 0.15) is 12.2 Å². The summed E-state index contributed by atoms with van der Waals surface area (Å²) in [6.07, 6.45) is -0.321. The Morgan fingerprint density at radius 3 is 2.80 bits per heavy atom. The van der Waals surface area contributed by atoms with E-state index in [9.17, 15) is 8.78 Å². The first-order valence-corrected chi connectivity index (χ1v) is 4.79. The molecule has 1 saturated carbocycles. The van der Waals surface area contributed by atoms with Gasteiger partial charge in [0.25, 0.3) is 6.43 Å². The van der Waals surface area contributed by atoms with E-state index in [1.807, 2.05) is 6.07 Å². The van der Waals surface area contributed by atoms with Gasteiger partial charge in [0.15, 0.2) is 0 Å². The average molecular weight is 212 g/mol. The highest BCUT2D eigenvalue weighted by atomic mass is 19.3. The number of rotatable bonds is 4. The molecule has 0 aromatic carbocycles. The van der Waals surface area contributed by atoms with Crippen molar-refractivity contribution in [3.8, 4) is 6.07 Å². The third-order valence-electron chi connectivity index (χ3n) is 2.37. The summed E-state index contributed by atoms with van der Waals surface area (Å²) in [4.78, 5) is 0. The largest absolute Gasteiger partial charge is 0.257 e. The van der Waals surface area contributed by atoms with Gasteiger partial charge in [-0.2, -0.15) is 5.26 Å². The van der Waals surface area contributed by atoms with Crippen LogP contribution in [0, 0.1) is 11.3 Å². The maximum atomic E-state index is 12.2. The molecule has 1 aliphatic rings. The second kappa shape index (κ2) is 3.93. The normalized spacial score (nSPS) is 15.6. The number of aromatic nitrogens is 3. The predicted molar refractivity (Wildman–Crippen MR) is 47.3 cm³/mol. The molecule has 0 aliphatic heterocycles. The molecule has 1 fully saturated rings. The summed E-state index contributed by atoms with van der Waals surface area (Å²) in [5.41, 5.74) is 1.29. The second-order valence-electron chi connectivity index (χ2n) is 3.60. The molecule has 2 rings (SSSR count). The molecule has 0 saturated heterocycles. The van der Waals surface area contributed by atoms with Crippen molar-refractivity contribution in [1.29, 1.82) is 5.26 Å². The summed E-state index contributed by atoms with van der Waals surface area (Å²) in [5.74, 6) is 0.280. The van der Waals surface area contributed by atoms with Crippen LogP contribution in [0.2, 0.25) is 0 Å². The second-order valence-corrected chi connectivity index (χ2v) is 3.60. The maximum Gasteiger partial charge on any atom is 0.257 e. The fraction of sp³-hybridized carbons (Fsp3) is 0.667. The maximum absolute atomic E-state index is 12.2. The van der Waals surface area contributed by atoms with Crippen LogP contribution >= 0.6 is 0 Å². The van der Waals surface area contributed by atoms with Crippen LogP contribution in [-0.4, -0.2) is 21.4 Å². The minimum Gasteiger partial charge on any atom is -0.243 e. The molecule has 1 heterocycles. The van der Waals surface area contributed by atoms with E-state index in [1.54, 1.807) is 0 Å². The van der Waals surface area contributed by atoms with Crippen molar-refractivity contribution in [3.63, 3.8) is 0 Å².